The van der Waals surface area contributed by atoms with E-state index < -0.39 is 21.7 Å². The van der Waals surface area contributed by atoms with Crippen molar-refractivity contribution >= 4 is 21.6 Å². The molecule has 2 heterocycles. The molecule has 4 rings (SSSR count). The van der Waals surface area contributed by atoms with Gasteiger partial charge in [-0.05, 0) is 60.9 Å². The van der Waals surface area contributed by atoms with E-state index in [-0.39, 0.29) is 16.5 Å². The number of benzene rings is 2. The second-order valence-electron chi connectivity index (χ2n) is 7.37. The predicted molar refractivity (Wildman–Crippen MR) is 116 cm³/mol. The van der Waals surface area contributed by atoms with Crippen molar-refractivity contribution in [3.8, 4) is 0 Å². The van der Waals surface area contributed by atoms with Crippen molar-refractivity contribution in [3.63, 3.8) is 0 Å². The van der Waals surface area contributed by atoms with E-state index in [4.69, 9.17) is 0 Å². The van der Waals surface area contributed by atoms with Crippen LogP contribution in [0.25, 0.3) is 0 Å². The lowest BCUT2D eigenvalue weighted by Crippen LogP contribution is -2.38. The molecule has 0 bridgehead atoms. The molecule has 0 saturated carbocycles. The monoisotopic (exact) mass is 439 g/mol. The number of rotatable bonds is 5. The average Bonchev–Trinajstić information content (AvgIpc) is 2.80. The maximum absolute atomic E-state index is 13.8. The molecular formula is C23H22FN3O3S. The van der Waals surface area contributed by atoms with Crippen LogP contribution < -0.4 is 5.32 Å². The molecule has 3 aromatic rings. The Balaban J connectivity index is 1.55. The second kappa shape index (κ2) is 8.95. The first-order valence-corrected chi connectivity index (χ1v) is 11.5. The van der Waals surface area contributed by atoms with Gasteiger partial charge < -0.3 is 5.32 Å². The largest absolute Gasteiger partial charge is 0.322 e. The van der Waals surface area contributed by atoms with Crippen molar-refractivity contribution in [3.05, 3.63) is 90.0 Å². The van der Waals surface area contributed by atoms with E-state index in [9.17, 15) is 17.6 Å². The Kier molecular flexibility index (Phi) is 6.11. The predicted octanol–water partition coefficient (Wildman–Crippen LogP) is 4.39. The minimum absolute atomic E-state index is 0.0770. The summed E-state index contributed by atoms with van der Waals surface area (Å²) in [6.45, 7) is 0.438. The van der Waals surface area contributed by atoms with E-state index in [1.54, 1.807) is 18.5 Å². The van der Waals surface area contributed by atoms with Gasteiger partial charge in [0, 0.05) is 24.6 Å². The Morgan fingerprint density at radius 2 is 1.81 bits per heavy atom. The normalized spacial score (nSPS) is 17.3. The molecule has 1 aromatic heterocycles. The zero-order valence-corrected chi connectivity index (χ0v) is 17.6. The number of anilines is 1. The van der Waals surface area contributed by atoms with Crippen molar-refractivity contribution in [1.82, 2.24) is 9.29 Å². The van der Waals surface area contributed by atoms with Crippen LogP contribution in [0.5, 0.6) is 0 Å². The Morgan fingerprint density at radius 3 is 2.52 bits per heavy atom. The molecule has 1 atom stereocenters. The van der Waals surface area contributed by atoms with E-state index in [1.165, 1.54) is 46.8 Å². The van der Waals surface area contributed by atoms with Gasteiger partial charge in [0.25, 0.3) is 5.91 Å². The third kappa shape index (κ3) is 4.50. The smallest absolute Gasteiger partial charge is 0.258 e. The lowest BCUT2D eigenvalue weighted by molar-refractivity contribution is 0.102. The highest BCUT2D eigenvalue weighted by atomic mass is 32.2. The molecular weight excluding hydrogens is 417 g/mol. The molecule has 0 spiro atoms. The Morgan fingerprint density at radius 1 is 1.03 bits per heavy atom. The number of hydrogen-bond donors (Lipinski definition) is 1. The lowest BCUT2D eigenvalue weighted by atomic mass is 9.99. The molecule has 31 heavy (non-hydrogen) atoms. The van der Waals surface area contributed by atoms with Crippen molar-refractivity contribution in [2.24, 2.45) is 0 Å². The first-order chi connectivity index (χ1) is 15.0. The number of amides is 1. The molecule has 0 aliphatic carbocycles. The van der Waals surface area contributed by atoms with Gasteiger partial charge in [-0.2, -0.15) is 4.31 Å². The number of piperidine rings is 1. The van der Waals surface area contributed by atoms with Crippen LogP contribution in [0.1, 0.15) is 41.2 Å². The summed E-state index contributed by atoms with van der Waals surface area (Å²) >= 11 is 0. The fraction of sp³-hybridized carbons (Fsp3) is 0.217. The van der Waals surface area contributed by atoms with Crippen molar-refractivity contribution < 1.29 is 17.6 Å². The summed E-state index contributed by atoms with van der Waals surface area (Å²) in [5.74, 6) is -1.22. The quantitative estimate of drug-likeness (QED) is 0.640. The highest BCUT2D eigenvalue weighted by Gasteiger charge is 2.34. The zero-order valence-electron chi connectivity index (χ0n) is 16.7. The van der Waals surface area contributed by atoms with Crippen molar-refractivity contribution in [1.29, 1.82) is 0 Å². The molecule has 6 nitrogen and oxygen atoms in total. The summed E-state index contributed by atoms with van der Waals surface area (Å²) in [6, 6.07) is 15.1. The highest BCUT2D eigenvalue weighted by Crippen LogP contribution is 2.35. The molecule has 1 aliphatic heterocycles. The number of nitrogens with zero attached hydrogens (tertiary/aromatic N) is 2. The SMILES string of the molecule is O=C(Nc1ccc(S(=O)(=O)N2CCCC[C@@H]2c2cccnc2)cc1)c1ccccc1F. The minimum Gasteiger partial charge on any atom is -0.322 e. The van der Waals surface area contributed by atoms with Crippen LogP contribution in [0.4, 0.5) is 10.1 Å². The second-order valence-corrected chi connectivity index (χ2v) is 9.26. The maximum Gasteiger partial charge on any atom is 0.258 e. The first-order valence-electron chi connectivity index (χ1n) is 10.0. The highest BCUT2D eigenvalue weighted by molar-refractivity contribution is 7.89. The molecule has 0 unspecified atom stereocenters. The molecule has 1 N–H and O–H groups in total. The molecule has 1 fully saturated rings. The van der Waals surface area contributed by atoms with Gasteiger partial charge in [0.1, 0.15) is 5.82 Å². The summed E-state index contributed by atoms with van der Waals surface area (Å²) in [4.78, 5) is 16.6. The third-order valence-electron chi connectivity index (χ3n) is 5.36. The number of carbonyl (C=O) groups is 1. The number of nitrogens with one attached hydrogen (secondary N) is 1. The number of aromatic nitrogens is 1. The van der Waals surface area contributed by atoms with Crippen LogP contribution in [0.15, 0.2) is 78.0 Å². The number of sulfonamides is 1. The van der Waals surface area contributed by atoms with Gasteiger partial charge in [0.15, 0.2) is 0 Å². The first kappa shape index (κ1) is 21.1. The average molecular weight is 440 g/mol. The van der Waals surface area contributed by atoms with E-state index in [0.717, 1.165) is 24.8 Å². The molecule has 1 saturated heterocycles. The van der Waals surface area contributed by atoms with Gasteiger partial charge in [0.2, 0.25) is 10.0 Å². The fourth-order valence-electron chi connectivity index (χ4n) is 3.79. The molecule has 2 aromatic carbocycles. The maximum atomic E-state index is 13.8. The van der Waals surface area contributed by atoms with Crippen molar-refractivity contribution in [2.45, 2.75) is 30.2 Å². The van der Waals surface area contributed by atoms with Gasteiger partial charge in [0.05, 0.1) is 16.5 Å². The number of pyridine rings is 1. The van der Waals surface area contributed by atoms with Gasteiger partial charge >= 0.3 is 0 Å². The van der Waals surface area contributed by atoms with Gasteiger partial charge in [-0.3, -0.25) is 9.78 Å². The van der Waals surface area contributed by atoms with E-state index in [0.29, 0.717) is 12.2 Å². The summed E-state index contributed by atoms with van der Waals surface area (Å²) in [5.41, 5.74) is 1.18. The Hall–Kier alpha value is -3.10. The topological polar surface area (TPSA) is 79.4 Å². The van der Waals surface area contributed by atoms with Crippen LogP contribution >= 0.6 is 0 Å². The van der Waals surface area contributed by atoms with Crippen LogP contribution in [0.3, 0.4) is 0 Å². The zero-order chi connectivity index (χ0) is 21.8. The summed E-state index contributed by atoms with van der Waals surface area (Å²) in [5, 5.41) is 2.60. The van der Waals surface area contributed by atoms with Crippen LogP contribution in [-0.4, -0.2) is 30.2 Å². The van der Waals surface area contributed by atoms with Gasteiger partial charge in [-0.25, -0.2) is 12.8 Å². The van der Waals surface area contributed by atoms with Crippen molar-refractivity contribution in [2.75, 3.05) is 11.9 Å². The standard InChI is InChI=1S/C23H22FN3O3S/c24-21-8-2-1-7-20(21)23(28)26-18-10-12-19(13-11-18)31(29,30)27-15-4-3-9-22(27)17-6-5-14-25-16-17/h1-2,5-8,10-14,16,22H,3-4,9,15H2,(H,26,28)/t22-/m1/s1. The van der Waals surface area contributed by atoms with E-state index in [1.807, 2.05) is 12.1 Å². The summed E-state index contributed by atoms with van der Waals surface area (Å²) in [7, 11) is -3.73. The third-order valence-corrected chi connectivity index (χ3v) is 7.28. The molecule has 8 heteroatoms. The molecule has 1 amide bonds. The fourth-order valence-corrected chi connectivity index (χ4v) is 5.47. The minimum atomic E-state index is -3.73. The lowest BCUT2D eigenvalue weighted by Gasteiger charge is -2.34. The summed E-state index contributed by atoms with van der Waals surface area (Å²) < 4.78 is 42.0. The number of hydrogen-bond acceptors (Lipinski definition) is 4. The number of halogens is 1. The van der Waals surface area contributed by atoms with E-state index >= 15 is 0 Å². The van der Waals surface area contributed by atoms with Gasteiger partial charge in [-0.1, -0.05) is 24.6 Å². The Labute approximate surface area is 180 Å². The van der Waals surface area contributed by atoms with Crippen LogP contribution in [0.2, 0.25) is 0 Å². The number of carbonyl (C=O) groups excluding carboxylic acids is 1. The van der Waals surface area contributed by atoms with E-state index in [2.05, 4.69) is 10.3 Å². The Bertz CT molecular complexity index is 1170. The van der Waals surface area contributed by atoms with Gasteiger partial charge in [-0.15, -0.1) is 0 Å². The molecule has 160 valence electrons. The molecule has 1 aliphatic rings. The van der Waals surface area contributed by atoms with Crippen LogP contribution in [-0.2, 0) is 10.0 Å². The summed E-state index contributed by atoms with van der Waals surface area (Å²) in [6.07, 6.45) is 5.86. The van der Waals surface area contributed by atoms with Crippen LogP contribution in [0, 0.1) is 5.82 Å². The molecule has 0 radical (unpaired) electrons.